The van der Waals surface area contributed by atoms with Crippen LogP contribution in [0.15, 0.2) is 67.1 Å². The number of pyridine rings is 1. The standard InChI is InChI=1S/C20H15ClN4O2/c21-17-9-13(4-7-19(17)27-11-14-3-1-2-8-22-14)25-20-16-10-15(26)5-6-18(16)23-12-24-20/h1-10,12,26H,11H2,(H,23,24,25). The zero-order valence-electron chi connectivity index (χ0n) is 14.1. The second kappa shape index (κ2) is 7.47. The predicted molar refractivity (Wildman–Crippen MR) is 105 cm³/mol. The predicted octanol–water partition coefficient (Wildman–Crippen LogP) is 4.71. The minimum absolute atomic E-state index is 0.150. The van der Waals surface area contributed by atoms with Gasteiger partial charge in [-0.15, -0.1) is 0 Å². The van der Waals surface area contributed by atoms with Crippen molar-refractivity contribution in [2.75, 3.05) is 5.32 Å². The minimum atomic E-state index is 0.150. The number of halogens is 1. The van der Waals surface area contributed by atoms with E-state index in [9.17, 15) is 5.11 Å². The molecule has 0 radical (unpaired) electrons. The van der Waals surface area contributed by atoms with Crippen LogP contribution >= 0.6 is 11.6 Å². The second-order valence-corrected chi connectivity index (χ2v) is 6.21. The van der Waals surface area contributed by atoms with Crippen LogP contribution in [0, 0.1) is 0 Å². The summed E-state index contributed by atoms with van der Waals surface area (Å²) in [5.74, 6) is 1.30. The fraction of sp³-hybridized carbons (Fsp3) is 0.0500. The van der Waals surface area contributed by atoms with Crippen molar-refractivity contribution in [3.63, 3.8) is 0 Å². The maximum atomic E-state index is 9.73. The van der Waals surface area contributed by atoms with Gasteiger partial charge in [-0.3, -0.25) is 4.98 Å². The maximum Gasteiger partial charge on any atom is 0.141 e. The molecule has 0 saturated heterocycles. The molecular formula is C20H15ClN4O2. The normalized spacial score (nSPS) is 10.7. The lowest BCUT2D eigenvalue weighted by atomic mass is 10.2. The molecule has 0 bridgehead atoms. The first-order chi connectivity index (χ1) is 13.2. The number of benzene rings is 2. The number of fused-ring (bicyclic) bond motifs is 1. The minimum Gasteiger partial charge on any atom is -0.508 e. The van der Waals surface area contributed by atoms with E-state index in [-0.39, 0.29) is 5.75 Å². The molecule has 7 heteroatoms. The van der Waals surface area contributed by atoms with Crippen molar-refractivity contribution in [3.05, 3.63) is 77.8 Å². The third-order valence-corrected chi connectivity index (χ3v) is 4.21. The average Bonchev–Trinajstić information content (AvgIpc) is 2.69. The van der Waals surface area contributed by atoms with Crippen molar-refractivity contribution in [2.24, 2.45) is 0 Å². The Labute approximate surface area is 160 Å². The summed E-state index contributed by atoms with van der Waals surface area (Å²) in [5.41, 5.74) is 2.29. The van der Waals surface area contributed by atoms with Crippen molar-refractivity contribution in [3.8, 4) is 11.5 Å². The molecular weight excluding hydrogens is 364 g/mol. The number of aromatic hydroxyl groups is 1. The number of phenolic OH excluding ortho intramolecular Hbond substituents is 1. The summed E-state index contributed by atoms with van der Waals surface area (Å²) in [6.07, 6.45) is 3.19. The molecule has 2 heterocycles. The van der Waals surface area contributed by atoms with Gasteiger partial charge in [0.2, 0.25) is 0 Å². The van der Waals surface area contributed by atoms with Crippen molar-refractivity contribution >= 4 is 34.0 Å². The van der Waals surface area contributed by atoms with E-state index in [1.165, 1.54) is 6.33 Å². The molecule has 2 aromatic carbocycles. The molecule has 2 N–H and O–H groups in total. The van der Waals surface area contributed by atoms with Gasteiger partial charge in [-0.2, -0.15) is 0 Å². The fourth-order valence-electron chi connectivity index (χ4n) is 2.61. The van der Waals surface area contributed by atoms with Crippen LogP contribution in [0.25, 0.3) is 10.9 Å². The first-order valence-electron chi connectivity index (χ1n) is 8.22. The highest BCUT2D eigenvalue weighted by atomic mass is 35.5. The first kappa shape index (κ1) is 17.1. The van der Waals surface area contributed by atoms with Gasteiger partial charge in [0.05, 0.1) is 16.2 Å². The average molecular weight is 379 g/mol. The smallest absolute Gasteiger partial charge is 0.141 e. The van der Waals surface area contributed by atoms with Gasteiger partial charge in [0.25, 0.3) is 0 Å². The lowest BCUT2D eigenvalue weighted by Crippen LogP contribution is -1.99. The number of rotatable bonds is 5. The highest BCUT2D eigenvalue weighted by molar-refractivity contribution is 6.32. The second-order valence-electron chi connectivity index (χ2n) is 5.80. The Bertz CT molecular complexity index is 1090. The molecule has 0 aliphatic rings. The van der Waals surface area contributed by atoms with Crippen LogP contribution in [0.2, 0.25) is 5.02 Å². The third kappa shape index (κ3) is 3.91. The van der Waals surface area contributed by atoms with E-state index in [2.05, 4.69) is 20.3 Å². The first-order valence-corrected chi connectivity index (χ1v) is 8.60. The Morgan fingerprint density at radius 1 is 1.00 bits per heavy atom. The fourth-order valence-corrected chi connectivity index (χ4v) is 2.85. The summed E-state index contributed by atoms with van der Waals surface area (Å²) in [4.78, 5) is 12.7. The van der Waals surface area contributed by atoms with E-state index in [0.29, 0.717) is 28.6 Å². The van der Waals surface area contributed by atoms with E-state index < -0.39 is 0 Å². The molecule has 4 aromatic rings. The quantitative estimate of drug-likeness (QED) is 0.523. The molecule has 4 rings (SSSR count). The van der Waals surface area contributed by atoms with Gasteiger partial charge < -0.3 is 15.2 Å². The molecule has 134 valence electrons. The number of nitrogens with one attached hydrogen (secondary N) is 1. The maximum absolute atomic E-state index is 9.73. The molecule has 2 aromatic heterocycles. The van der Waals surface area contributed by atoms with E-state index in [4.69, 9.17) is 16.3 Å². The molecule has 27 heavy (non-hydrogen) atoms. The van der Waals surface area contributed by atoms with Crippen LogP contribution in [0.4, 0.5) is 11.5 Å². The van der Waals surface area contributed by atoms with E-state index >= 15 is 0 Å². The molecule has 0 unspecified atom stereocenters. The SMILES string of the molecule is Oc1ccc2ncnc(Nc3ccc(OCc4ccccn4)c(Cl)c3)c2c1. The van der Waals surface area contributed by atoms with Gasteiger partial charge in [-0.1, -0.05) is 17.7 Å². The molecule has 0 amide bonds. The summed E-state index contributed by atoms with van der Waals surface area (Å²) in [6.45, 7) is 0.336. The van der Waals surface area contributed by atoms with Crippen LogP contribution < -0.4 is 10.1 Å². The Balaban J connectivity index is 1.54. The molecule has 0 saturated carbocycles. The Hall–Kier alpha value is -3.38. The largest absolute Gasteiger partial charge is 0.508 e. The van der Waals surface area contributed by atoms with Crippen molar-refractivity contribution in [1.82, 2.24) is 15.0 Å². The number of nitrogens with zero attached hydrogens (tertiary/aromatic N) is 3. The van der Waals surface area contributed by atoms with Gasteiger partial charge in [-0.25, -0.2) is 9.97 Å². The molecule has 0 aliphatic carbocycles. The monoisotopic (exact) mass is 378 g/mol. The van der Waals surface area contributed by atoms with E-state index in [0.717, 1.165) is 16.9 Å². The van der Waals surface area contributed by atoms with Gasteiger partial charge in [-0.05, 0) is 48.5 Å². The summed E-state index contributed by atoms with van der Waals surface area (Å²) in [7, 11) is 0. The Morgan fingerprint density at radius 3 is 2.74 bits per heavy atom. The number of hydrogen-bond donors (Lipinski definition) is 2. The lowest BCUT2D eigenvalue weighted by molar-refractivity contribution is 0.301. The van der Waals surface area contributed by atoms with Gasteiger partial charge in [0, 0.05) is 17.3 Å². The molecule has 0 fully saturated rings. The summed E-state index contributed by atoms with van der Waals surface area (Å²) in [5, 5.41) is 14.1. The van der Waals surface area contributed by atoms with Crippen molar-refractivity contribution in [2.45, 2.75) is 6.61 Å². The Morgan fingerprint density at radius 2 is 1.93 bits per heavy atom. The van der Waals surface area contributed by atoms with E-state index in [1.807, 2.05) is 24.3 Å². The van der Waals surface area contributed by atoms with Gasteiger partial charge in [0.15, 0.2) is 0 Å². The molecule has 6 nitrogen and oxygen atoms in total. The number of hydrogen-bond acceptors (Lipinski definition) is 6. The van der Waals surface area contributed by atoms with Crippen molar-refractivity contribution in [1.29, 1.82) is 0 Å². The molecule has 0 spiro atoms. The van der Waals surface area contributed by atoms with Crippen LogP contribution in [-0.4, -0.2) is 20.1 Å². The van der Waals surface area contributed by atoms with Crippen molar-refractivity contribution < 1.29 is 9.84 Å². The van der Waals surface area contributed by atoms with Crippen LogP contribution in [0.1, 0.15) is 5.69 Å². The topological polar surface area (TPSA) is 80.2 Å². The molecule has 0 atom stereocenters. The zero-order valence-corrected chi connectivity index (χ0v) is 14.9. The van der Waals surface area contributed by atoms with Crippen LogP contribution in [-0.2, 0) is 6.61 Å². The summed E-state index contributed by atoms with van der Waals surface area (Å²) in [6, 6.07) is 16.0. The van der Waals surface area contributed by atoms with E-state index in [1.54, 1.807) is 36.5 Å². The van der Waals surface area contributed by atoms with Gasteiger partial charge >= 0.3 is 0 Å². The number of ether oxygens (including phenoxy) is 1. The number of phenols is 1. The highest BCUT2D eigenvalue weighted by Gasteiger charge is 2.08. The lowest BCUT2D eigenvalue weighted by Gasteiger charge is -2.11. The Kier molecular flexibility index (Phi) is 4.72. The zero-order chi connectivity index (χ0) is 18.6. The highest BCUT2D eigenvalue weighted by Crippen LogP contribution is 2.31. The van der Waals surface area contributed by atoms with Gasteiger partial charge in [0.1, 0.15) is 30.3 Å². The molecule has 0 aliphatic heterocycles. The van der Waals surface area contributed by atoms with Crippen LogP contribution in [0.3, 0.4) is 0 Å². The summed E-state index contributed by atoms with van der Waals surface area (Å²) >= 11 is 6.35. The summed E-state index contributed by atoms with van der Waals surface area (Å²) < 4.78 is 5.73. The number of anilines is 2. The number of aromatic nitrogens is 3. The van der Waals surface area contributed by atoms with Crippen LogP contribution in [0.5, 0.6) is 11.5 Å². The third-order valence-electron chi connectivity index (χ3n) is 3.92.